The second-order valence-electron chi connectivity index (χ2n) is 3.34. The third-order valence-electron chi connectivity index (χ3n) is 1.89. The van der Waals surface area contributed by atoms with Gasteiger partial charge < -0.3 is 16.4 Å². The molecule has 1 aromatic carbocycles. The highest BCUT2D eigenvalue weighted by Gasteiger charge is 1.98. The minimum absolute atomic E-state index is 0.112. The monoisotopic (exact) mass is 265 g/mol. The summed E-state index contributed by atoms with van der Waals surface area (Å²) in [4.78, 5) is 11.3. The molecule has 5 N–H and O–H groups in total. The molecule has 0 aliphatic carbocycles. The average molecular weight is 265 g/mol. The number of nitrogens with zero attached hydrogens (tertiary/aromatic N) is 1. The van der Waals surface area contributed by atoms with Crippen LogP contribution in [0.5, 0.6) is 0 Å². The standard InChI is InChI=1S/C11H15N5OS/c1-2-13-11(17)15-9-5-3-8(4-6-9)7-14-16-10(12)18/h3-7H,2H2,1H3,(H3,12,16,18)(H2,13,15,17)/b14-7+. The smallest absolute Gasteiger partial charge is 0.319 e. The van der Waals surface area contributed by atoms with E-state index < -0.39 is 0 Å². The first-order valence-electron chi connectivity index (χ1n) is 5.35. The van der Waals surface area contributed by atoms with Crippen LogP contribution in [0.4, 0.5) is 10.5 Å². The van der Waals surface area contributed by atoms with Crippen molar-refractivity contribution in [1.29, 1.82) is 0 Å². The topological polar surface area (TPSA) is 91.5 Å². The molecule has 0 spiro atoms. The van der Waals surface area contributed by atoms with Crippen molar-refractivity contribution in [2.75, 3.05) is 11.9 Å². The number of carbonyl (C=O) groups is 1. The van der Waals surface area contributed by atoms with E-state index in [0.717, 1.165) is 5.56 Å². The number of hydrogen-bond donors (Lipinski definition) is 4. The Kier molecular flexibility index (Phi) is 5.59. The Hall–Kier alpha value is -2.15. The molecule has 1 rings (SSSR count). The van der Waals surface area contributed by atoms with Gasteiger partial charge in [0.1, 0.15) is 0 Å². The van der Waals surface area contributed by atoms with Crippen LogP contribution in [0.3, 0.4) is 0 Å². The largest absolute Gasteiger partial charge is 0.375 e. The van der Waals surface area contributed by atoms with E-state index in [2.05, 4.69) is 33.4 Å². The highest BCUT2D eigenvalue weighted by molar-refractivity contribution is 7.80. The molecule has 0 saturated heterocycles. The number of rotatable bonds is 4. The van der Waals surface area contributed by atoms with Gasteiger partial charge in [0.05, 0.1) is 6.21 Å². The zero-order valence-corrected chi connectivity index (χ0v) is 10.8. The number of thiocarbonyl (C=S) groups is 1. The fraction of sp³-hybridized carbons (Fsp3) is 0.182. The van der Waals surface area contributed by atoms with Crippen molar-refractivity contribution in [2.45, 2.75) is 6.92 Å². The van der Waals surface area contributed by atoms with E-state index in [0.29, 0.717) is 12.2 Å². The van der Waals surface area contributed by atoms with Crippen LogP contribution in [0.25, 0.3) is 0 Å². The van der Waals surface area contributed by atoms with Gasteiger partial charge in [-0.25, -0.2) is 4.79 Å². The zero-order valence-electron chi connectivity index (χ0n) is 9.93. The predicted molar refractivity (Wildman–Crippen MR) is 76.7 cm³/mol. The lowest BCUT2D eigenvalue weighted by atomic mass is 10.2. The van der Waals surface area contributed by atoms with E-state index in [1.807, 2.05) is 19.1 Å². The number of hydrazone groups is 1. The van der Waals surface area contributed by atoms with Crippen LogP contribution in [0.1, 0.15) is 12.5 Å². The van der Waals surface area contributed by atoms with E-state index in [-0.39, 0.29) is 11.1 Å². The van der Waals surface area contributed by atoms with Gasteiger partial charge in [0, 0.05) is 12.2 Å². The molecule has 0 heterocycles. The minimum atomic E-state index is -0.228. The molecule has 1 aromatic rings. The molecule has 0 aromatic heterocycles. The molecule has 0 aliphatic heterocycles. The summed E-state index contributed by atoms with van der Waals surface area (Å²) in [6.45, 7) is 2.44. The highest BCUT2D eigenvalue weighted by atomic mass is 32.1. The van der Waals surface area contributed by atoms with Gasteiger partial charge >= 0.3 is 6.03 Å². The number of amides is 2. The Bertz CT molecular complexity index is 443. The summed E-state index contributed by atoms with van der Waals surface area (Å²) in [7, 11) is 0. The number of benzene rings is 1. The molecule has 0 bridgehead atoms. The molecule has 0 saturated carbocycles. The Morgan fingerprint density at radius 3 is 2.67 bits per heavy atom. The molecule has 0 fully saturated rings. The number of nitrogens with one attached hydrogen (secondary N) is 3. The Labute approximate surface area is 111 Å². The maximum Gasteiger partial charge on any atom is 0.319 e. The van der Waals surface area contributed by atoms with E-state index >= 15 is 0 Å². The number of nitrogens with two attached hydrogens (primary N) is 1. The van der Waals surface area contributed by atoms with Crippen molar-refractivity contribution >= 4 is 35.3 Å². The fourth-order valence-electron chi connectivity index (χ4n) is 1.16. The van der Waals surface area contributed by atoms with E-state index in [4.69, 9.17) is 5.73 Å². The molecular formula is C11H15N5OS. The average Bonchev–Trinajstić information content (AvgIpc) is 2.31. The normalized spacial score (nSPS) is 10.1. The van der Waals surface area contributed by atoms with Crippen molar-refractivity contribution in [3.8, 4) is 0 Å². The van der Waals surface area contributed by atoms with Gasteiger partial charge in [0.25, 0.3) is 0 Å². The lowest BCUT2D eigenvalue weighted by Crippen LogP contribution is -2.28. The summed E-state index contributed by atoms with van der Waals surface area (Å²) in [5, 5.41) is 9.27. The van der Waals surface area contributed by atoms with Gasteiger partial charge in [0.2, 0.25) is 0 Å². The molecule has 96 valence electrons. The summed E-state index contributed by atoms with van der Waals surface area (Å²) in [6.07, 6.45) is 1.58. The maximum absolute atomic E-state index is 11.3. The second-order valence-corrected chi connectivity index (χ2v) is 3.78. The second kappa shape index (κ2) is 7.23. The summed E-state index contributed by atoms with van der Waals surface area (Å²) in [5.41, 5.74) is 9.24. The van der Waals surface area contributed by atoms with Crippen LogP contribution < -0.4 is 21.8 Å². The third kappa shape index (κ3) is 5.26. The van der Waals surface area contributed by atoms with Crippen molar-refractivity contribution in [3.05, 3.63) is 29.8 Å². The number of urea groups is 1. The van der Waals surface area contributed by atoms with Crippen molar-refractivity contribution in [2.24, 2.45) is 10.8 Å². The highest BCUT2D eigenvalue weighted by Crippen LogP contribution is 2.07. The van der Waals surface area contributed by atoms with Gasteiger partial charge in [-0.05, 0) is 36.8 Å². The molecular weight excluding hydrogens is 250 g/mol. The minimum Gasteiger partial charge on any atom is -0.375 e. The number of hydrogen-bond acceptors (Lipinski definition) is 3. The molecule has 0 atom stereocenters. The van der Waals surface area contributed by atoms with Crippen LogP contribution in [0, 0.1) is 0 Å². The fourth-order valence-corrected chi connectivity index (χ4v) is 1.21. The Morgan fingerprint density at radius 2 is 2.11 bits per heavy atom. The molecule has 6 nitrogen and oxygen atoms in total. The van der Waals surface area contributed by atoms with Gasteiger partial charge in [-0.3, -0.25) is 5.43 Å². The van der Waals surface area contributed by atoms with Crippen molar-refractivity contribution in [3.63, 3.8) is 0 Å². The van der Waals surface area contributed by atoms with Gasteiger partial charge in [-0.1, -0.05) is 12.1 Å². The first-order valence-corrected chi connectivity index (χ1v) is 5.76. The van der Waals surface area contributed by atoms with Gasteiger partial charge in [-0.15, -0.1) is 0 Å². The summed E-state index contributed by atoms with van der Waals surface area (Å²) >= 11 is 4.60. The Morgan fingerprint density at radius 1 is 1.44 bits per heavy atom. The molecule has 2 amide bonds. The van der Waals surface area contributed by atoms with E-state index in [1.54, 1.807) is 18.3 Å². The Balaban J connectivity index is 2.54. The summed E-state index contributed by atoms with van der Waals surface area (Å²) in [5.74, 6) is 0. The maximum atomic E-state index is 11.3. The zero-order chi connectivity index (χ0) is 13.4. The lowest BCUT2D eigenvalue weighted by molar-refractivity contribution is 0.252. The third-order valence-corrected chi connectivity index (χ3v) is 1.99. The predicted octanol–water partition coefficient (Wildman–Crippen LogP) is 0.995. The molecule has 7 heteroatoms. The number of anilines is 1. The van der Waals surface area contributed by atoms with Crippen molar-refractivity contribution in [1.82, 2.24) is 10.7 Å². The first-order chi connectivity index (χ1) is 8.61. The van der Waals surface area contributed by atoms with Crippen molar-refractivity contribution < 1.29 is 4.79 Å². The lowest BCUT2D eigenvalue weighted by Gasteiger charge is -2.05. The summed E-state index contributed by atoms with van der Waals surface area (Å²) in [6, 6.07) is 6.95. The van der Waals surface area contributed by atoms with Gasteiger partial charge in [-0.2, -0.15) is 5.10 Å². The molecule has 0 unspecified atom stereocenters. The molecule has 18 heavy (non-hydrogen) atoms. The number of carbonyl (C=O) groups excluding carboxylic acids is 1. The first kappa shape index (κ1) is 13.9. The van der Waals surface area contributed by atoms with Crippen LogP contribution >= 0.6 is 12.2 Å². The quantitative estimate of drug-likeness (QED) is 0.371. The van der Waals surface area contributed by atoms with E-state index in [9.17, 15) is 4.79 Å². The summed E-state index contributed by atoms with van der Waals surface area (Å²) < 4.78 is 0. The molecule has 0 aliphatic rings. The van der Waals surface area contributed by atoms with Crippen LogP contribution in [0.2, 0.25) is 0 Å². The molecule has 0 radical (unpaired) electrons. The van der Waals surface area contributed by atoms with Gasteiger partial charge in [0.15, 0.2) is 5.11 Å². The van der Waals surface area contributed by atoms with Crippen LogP contribution in [-0.2, 0) is 0 Å². The van der Waals surface area contributed by atoms with Crippen LogP contribution in [0.15, 0.2) is 29.4 Å². The van der Waals surface area contributed by atoms with Crippen LogP contribution in [-0.4, -0.2) is 23.9 Å². The van der Waals surface area contributed by atoms with E-state index in [1.165, 1.54) is 0 Å². The SMILES string of the molecule is CCNC(=O)Nc1ccc(/C=N/NC(N)=S)cc1.